The molecule has 16 heavy (non-hydrogen) atoms. The first-order valence-corrected chi connectivity index (χ1v) is 6.95. The van der Waals surface area contributed by atoms with E-state index < -0.39 is 0 Å². The summed E-state index contributed by atoms with van der Waals surface area (Å²) in [6.07, 6.45) is 5.17. The summed E-state index contributed by atoms with van der Waals surface area (Å²) in [6, 6.07) is 0. The lowest BCUT2D eigenvalue weighted by atomic mass is 9.96. The molecule has 1 fully saturated rings. The van der Waals surface area contributed by atoms with Crippen LogP contribution in [0, 0.1) is 0 Å². The molecule has 1 atom stereocenters. The molecule has 1 heterocycles. The molecule has 0 aliphatic carbocycles. The Morgan fingerprint density at radius 2 is 1.88 bits per heavy atom. The van der Waals surface area contributed by atoms with E-state index >= 15 is 0 Å². The lowest BCUT2D eigenvalue weighted by molar-refractivity contribution is -0.0974. The standard InChI is InChI=1S/C13H29N3/c1-5-11-14-16-12-9-8-10-13(16,4)15(6-2)7-3/h14H,5-12H2,1-4H3. The summed E-state index contributed by atoms with van der Waals surface area (Å²) in [7, 11) is 0. The molecule has 1 aliphatic rings. The van der Waals surface area contributed by atoms with Gasteiger partial charge < -0.3 is 0 Å². The van der Waals surface area contributed by atoms with E-state index in [1.54, 1.807) is 0 Å². The molecule has 0 bridgehead atoms. The average Bonchev–Trinajstić information content (AvgIpc) is 2.29. The van der Waals surface area contributed by atoms with Crippen LogP contribution in [0.3, 0.4) is 0 Å². The highest BCUT2D eigenvalue weighted by atomic mass is 15.6. The summed E-state index contributed by atoms with van der Waals surface area (Å²) in [5, 5.41) is 2.48. The number of hydrazine groups is 1. The minimum atomic E-state index is 0.219. The van der Waals surface area contributed by atoms with Crippen molar-refractivity contribution >= 4 is 0 Å². The zero-order chi connectivity index (χ0) is 12.0. The van der Waals surface area contributed by atoms with Gasteiger partial charge in [0, 0.05) is 13.1 Å². The first kappa shape index (κ1) is 13.9. The predicted octanol–water partition coefficient (Wildman–Crippen LogP) is 2.44. The van der Waals surface area contributed by atoms with E-state index in [4.69, 9.17) is 0 Å². The molecule has 0 aromatic heterocycles. The molecule has 1 N–H and O–H groups in total. The number of hydrogen-bond acceptors (Lipinski definition) is 3. The minimum Gasteiger partial charge on any atom is -0.285 e. The summed E-state index contributed by atoms with van der Waals surface area (Å²) in [5.74, 6) is 0. The SMILES string of the molecule is CCCNN1CCCCC1(C)N(CC)CC. The Morgan fingerprint density at radius 3 is 2.44 bits per heavy atom. The Morgan fingerprint density at radius 1 is 1.19 bits per heavy atom. The van der Waals surface area contributed by atoms with Crippen molar-refractivity contribution in [2.24, 2.45) is 0 Å². The molecule has 3 nitrogen and oxygen atoms in total. The van der Waals surface area contributed by atoms with Crippen molar-refractivity contribution in [2.75, 3.05) is 26.2 Å². The van der Waals surface area contributed by atoms with Crippen LogP contribution in [0.15, 0.2) is 0 Å². The molecule has 3 heteroatoms. The van der Waals surface area contributed by atoms with Crippen molar-refractivity contribution in [2.45, 2.75) is 59.0 Å². The van der Waals surface area contributed by atoms with Gasteiger partial charge in [-0.2, -0.15) is 0 Å². The van der Waals surface area contributed by atoms with E-state index in [9.17, 15) is 0 Å². The Balaban J connectivity index is 2.69. The molecule has 0 aromatic rings. The van der Waals surface area contributed by atoms with Gasteiger partial charge in [-0.05, 0) is 45.7 Å². The maximum absolute atomic E-state index is 3.60. The minimum absolute atomic E-state index is 0.219. The fourth-order valence-corrected chi connectivity index (χ4v) is 2.84. The number of piperidine rings is 1. The van der Waals surface area contributed by atoms with Crippen molar-refractivity contribution < 1.29 is 0 Å². The molecular weight excluding hydrogens is 198 g/mol. The molecule has 1 aliphatic heterocycles. The Hall–Kier alpha value is -0.120. The van der Waals surface area contributed by atoms with Gasteiger partial charge in [0.2, 0.25) is 0 Å². The van der Waals surface area contributed by atoms with Crippen LogP contribution in [0.1, 0.15) is 53.4 Å². The van der Waals surface area contributed by atoms with Gasteiger partial charge in [0.15, 0.2) is 0 Å². The van der Waals surface area contributed by atoms with Gasteiger partial charge in [-0.1, -0.05) is 20.8 Å². The quantitative estimate of drug-likeness (QED) is 0.752. The zero-order valence-electron chi connectivity index (χ0n) is 11.6. The Bertz CT molecular complexity index is 192. The van der Waals surface area contributed by atoms with Gasteiger partial charge >= 0.3 is 0 Å². The van der Waals surface area contributed by atoms with E-state index in [0.29, 0.717) is 0 Å². The van der Waals surface area contributed by atoms with Crippen LogP contribution < -0.4 is 5.43 Å². The summed E-state index contributed by atoms with van der Waals surface area (Å²) in [5.41, 5.74) is 3.82. The predicted molar refractivity (Wildman–Crippen MR) is 70.2 cm³/mol. The second kappa shape index (κ2) is 6.58. The fraction of sp³-hybridized carbons (Fsp3) is 1.00. The van der Waals surface area contributed by atoms with Crippen LogP contribution in [-0.2, 0) is 0 Å². The lowest BCUT2D eigenvalue weighted by Gasteiger charge is -2.51. The van der Waals surface area contributed by atoms with E-state index in [-0.39, 0.29) is 5.66 Å². The summed E-state index contributed by atoms with van der Waals surface area (Å²) >= 11 is 0. The second-order valence-electron chi connectivity index (χ2n) is 4.91. The summed E-state index contributed by atoms with van der Waals surface area (Å²) < 4.78 is 0. The normalized spacial score (nSPS) is 27.6. The molecular formula is C13H29N3. The molecule has 0 saturated carbocycles. The Labute approximate surface area is 101 Å². The van der Waals surface area contributed by atoms with Gasteiger partial charge in [0.25, 0.3) is 0 Å². The fourth-order valence-electron chi connectivity index (χ4n) is 2.84. The van der Waals surface area contributed by atoms with Crippen molar-refractivity contribution in [3.8, 4) is 0 Å². The number of rotatable bonds is 6. The highest BCUT2D eigenvalue weighted by Crippen LogP contribution is 2.29. The molecule has 0 aromatic carbocycles. The van der Waals surface area contributed by atoms with Gasteiger partial charge in [0.1, 0.15) is 0 Å². The van der Waals surface area contributed by atoms with E-state index in [2.05, 4.69) is 43.0 Å². The average molecular weight is 227 g/mol. The van der Waals surface area contributed by atoms with Gasteiger partial charge in [-0.15, -0.1) is 0 Å². The van der Waals surface area contributed by atoms with Crippen molar-refractivity contribution in [1.29, 1.82) is 0 Å². The summed E-state index contributed by atoms with van der Waals surface area (Å²) in [6.45, 7) is 13.7. The van der Waals surface area contributed by atoms with Crippen LogP contribution in [0.25, 0.3) is 0 Å². The number of hydrogen-bond donors (Lipinski definition) is 1. The molecule has 1 unspecified atom stereocenters. The number of nitrogens with one attached hydrogen (secondary N) is 1. The van der Waals surface area contributed by atoms with E-state index in [1.807, 2.05) is 0 Å². The first-order valence-electron chi connectivity index (χ1n) is 6.95. The highest BCUT2D eigenvalue weighted by Gasteiger charge is 2.38. The van der Waals surface area contributed by atoms with Crippen LogP contribution in [0.5, 0.6) is 0 Å². The maximum atomic E-state index is 3.60. The second-order valence-corrected chi connectivity index (χ2v) is 4.91. The molecule has 0 amide bonds. The van der Waals surface area contributed by atoms with Crippen LogP contribution >= 0.6 is 0 Å². The molecule has 0 radical (unpaired) electrons. The van der Waals surface area contributed by atoms with E-state index in [0.717, 1.165) is 19.6 Å². The van der Waals surface area contributed by atoms with E-state index in [1.165, 1.54) is 32.2 Å². The molecule has 1 saturated heterocycles. The molecule has 1 rings (SSSR count). The summed E-state index contributed by atoms with van der Waals surface area (Å²) in [4.78, 5) is 2.58. The monoisotopic (exact) mass is 227 g/mol. The highest BCUT2D eigenvalue weighted by molar-refractivity contribution is 4.87. The third-order valence-electron chi connectivity index (χ3n) is 3.86. The zero-order valence-corrected chi connectivity index (χ0v) is 11.6. The largest absolute Gasteiger partial charge is 0.285 e. The smallest absolute Gasteiger partial charge is 0.0841 e. The topological polar surface area (TPSA) is 18.5 Å². The lowest BCUT2D eigenvalue weighted by Crippen LogP contribution is -2.65. The van der Waals surface area contributed by atoms with Gasteiger partial charge in [0.05, 0.1) is 5.66 Å². The third-order valence-corrected chi connectivity index (χ3v) is 3.86. The van der Waals surface area contributed by atoms with Crippen LogP contribution in [0.4, 0.5) is 0 Å². The molecule has 0 spiro atoms. The van der Waals surface area contributed by atoms with Gasteiger partial charge in [-0.3, -0.25) is 10.3 Å². The first-order chi connectivity index (χ1) is 7.69. The Kier molecular flexibility index (Phi) is 5.73. The maximum Gasteiger partial charge on any atom is 0.0841 e. The van der Waals surface area contributed by atoms with Crippen molar-refractivity contribution in [1.82, 2.24) is 15.3 Å². The van der Waals surface area contributed by atoms with Crippen LogP contribution in [-0.4, -0.2) is 41.8 Å². The van der Waals surface area contributed by atoms with Crippen molar-refractivity contribution in [3.05, 3.63) is 0 Å². The third kappa shape index (κ3) is 2.96. The molecule has 96 valence electrons. The van der Waals surface area contributed by atoms with Crippen molar-refractivity contribution in [3.63, 3.8) is 0 Å². The van der Waals surface area contributed by atoms with Crippen LogP contribution in [0.2, 0.25) is 0 Å². The van der Waals surface area contributed by atoms with Gasteiger partial charge in [-0.25, -0.2) is 5.01 Å². The number of nitrogens with zero attached hydrogens (tertiary/aromatic N) is 2.